The fourth-order valence-electron chi connectivity index (χ4n) is 0.915. The summed E-state index contributed by atoms with van der Waals surface area (Å²) in [5, 5.41) is 0. The predicted molar refractivity (Wildman–Crippen MR) is 56.4 cm³/mol. The van der Waals surface area contributed by atoms with Crippen molar-refractivity contribution in [1.29, 1.82) is 0 Å². The van der Waals surface area contributed by atoms with E-state index in [4.69, 9.17) is 0 Å². The van der Waals surface area contributed by atoms with Crippen LogP contribution >= 0.6 is 0 Å². The van der Waals surface area contributed by atoms with E-state index in [1.54, 1.807) is 6.92 Å². The molecule has 0 unspecified atom stereocenters. The van der Waals surface area contributed by atoms with Gasteiger partial charge < -0.3 is 0 Å². The zero-order chi connectivity index (χ0) is 11.5. The third-order valence-corrected chi connectivity index (χ3v) is 3.11. The first-order valence-corrected chi connectivity index (χ1v) is 5.80. The highest BCUT2D eigenvalue weighted by Gasteiger charge is 2.12. The van der Waals surface area contributed by atoms with Crippen LogP contribution in [-0.4, -0.2) is 15.0 Å². The molecule has 82 valence electrons. The first-order valence-electron chi connectivity index (χ1n) is 4.31. The molecule has 1 aromatic carbocycles. The molecule has 1 aromatic rings. The summed E-state index contributed by atoms with van der Waals surface area (Å²) in [6.07, 6.45) is 0. The highest BCUT2D eigenvalue weighted by molar-refractivity contribution is 7.89. The van der Waals surface area contributed by atoms with Crippen LogP contribution in [0.15, 0.2) is 41.3 Å². The Balaban J connectivity index is 2.87. The summed E-state index contributed by atoms with van der Waals surface area (Å²) in [5.74, 6) is -0.464. The molecule has 0 aliphatic heterocycles. The molecule has 0 fully saturated rings. The minimum Gasteiger partial charge on any atom is -0.207 e. The lowest BCUT2D eigenvalue weighted by molar-refractivity contribution is 0.583. The van der Waals surface area contributed by atoms with Crippen LogP contribution < -0.4 is 4.72 Å². The Morgan fingerprint density at radius 2 is 1.93 bits per heavy atom. The molecule has 0 aliphatic carbocycles. The van der Waals surface area contributed by atoms with Crippen LogP contribution in [0, 0.1) is 5.82 Å². The number of benzene rings is 1. The summed E-state index contributed by atoms with van der Waals surface area (Å²) < 4.78 is 38.1. The van der Waals surface area contributed by atoms with Crippen molar-refractivity contribution in [1.82, 2.24) is 4.72 Å². The van der Waals surface area contributed by atoms with Gasteiger partial charge in [-0.1, -0.05) is 12.2 Å². The molecule has 15 heavy (non-hydrogen) atoms. The number of rotatable bonds is 4. The SMILES string of the molecule is C=C(C)CNS(=O)(=O)c1ccc(F)cc1. The van der Waals surface area contributed by atoms with Crippen molar-refractivity contribution in [2.24, 2.45) is 0 Å². The van der Waals surface area contributed by atoms with Crippen LogP contribution in [0.3, 0.4) is 0 Å². The lowest BCUT2D eigenvalue weighted by atomic mass is 10.4. The number of hydrogen-bond donors (Lipinski definition) is 1. The highest BCUT2D eigenvalue weighted by Crippen LogP contribution is 2.09. The summed E-state index contributed by atoms with van der Waals surface area (Å²) in [7, 11) is -3.55. The van der Waals surface area contributed by atoms with Gasteiger partial charge in [-0.25, -0.2) is 17.5 Å². The van der Waals surface area contributed by atoms with E-state index in [2.05, 4.69) is 11.3 Å². The van der Waals surface area contributed by atoms with Crippen molar-refractivity contribution in [3.63, 3.8) is 0 Å². The van der Waals surface area contributed by atoms with E-state index in [1.807, 2.05) is 0 Å². The van der Waals surface area contributed by atoms with Gasteiger partial charge in [-0.15, -0.1) is 0 Å². The Bertz CT molecular complexity index is 451. The highest BCUT2D eigenvalue weighted by atomic mass is 32.2. The van der Waals surface area contributed by atoms with E-state index in [-0.39, 0.29) is 11.4 Å². The van der Waals surface area contributed by atoms with E-state index in [0.29, 0.717) is 5.57 Å². The molecular formula is C10H12FNO2S. The van der Waals surface area contributed by atoms with Gasteiger partial charge in [0.2, 0.25) is 10.0 Å². The standard InChI is InChI=1S/C10H12FNO2S/c1-8(2)7-12-15(13,14)10-5-3-9(11)4-6-10/h3-6,12H,1,7H2,2H3. The predicted octanol–water partition coefficient (Wildman–Crippen LogP) is 1.68. The molecule has 0 saturated carbocycles. The molecule has 0 radical (unpaired) electrons. The van der Waals surface area contributed by atoms with Gasteiger partial charge in [0.25, 0.3) is 0 Å². The van der Waals surface area contributed by atoms with Gasteiger partial charge in [0.15, 0.2) is 0 Å². The molecule has 1 N–H and O–H groups in total. The summed E-state index contributed by atoms with van der Waals surface area (Å²) >= 11 is 0. The Labute approximate surface area is 88.7 Å². The number of sulfonamides is 1. The van der Waals surface area contributed by atoms with Crippen LogP contribution in [0.2, 0.25) is 0 Å². The van der Waals surface area contributed by atoms with Gasteiger partial charge in [-0.2, -0.15) is 0 Å². The van der Waals surface area contributed by atoms with Crippen LogP contribution in [0.4, 0.5) is 4.39 Å². The maximum Gasteiger partial charge on any atom is 0.240 e. The Morgan fingerprint density at radius 1 is 1.40 bits per heavy atom. The maximum atomic E-state index is 12.6. The second-order valence-corrected chi connectivity index (χ2v) is 5.00. The number of halogens is 1. The maximum absolute atomic E-state index is 12.6. The minimum atomic E-state index is -3.55. The lowest BCUT2D eigenvalue weighted by Gasteiger charge is -2.05. The minimum absolute atomic E-state index is 0.0464. The van der Waals surface area contributed by atoms with E-state index >= 15 is 0 Å². The second kappa shape index (κ2) is 4.55. The Kier molecular flexibility index (Phi) is 3.60. The smallest absolute Gasteiger partial charge is 0.207 e. The third kappa shape index (κ3) is 3.45. The van der Waals surface area contributed by atoms with Crippen LogP contribution in [0.25, 0.3) is 0 Å². The topological polar surface area (TPSA) is 46.2 Å². The van der Waals surface area contributed by atoms with Crippen LogP contribution in [0.1, 0.15) is 6.92 Å². The average molecular weight is 229 g/mol. The summed E-state index contributed by atoms with van der Waals surface area (Å²) in [6.45, 7) is 5.47. The van der Waals surface area contributed by atoms with Gasteiger partial charge in [-0.05, 0) is 31.2 Å². The van der Waals surface area contributed by atoms with Gasteiger partial charge in [0.1, 0.15) is 5.82 Å². The van der Waals surface area contributed by atoms with Gasteiger partial charge in [0, 0.05) is 6.54 Å². The molecule has 0 aromatic heterocycles. The van der Waals surface area contributed by atoms with E-state index in [0.717, 1.165) is 12.1 Å². The molecule has 0 bridgehead atoms. The fraction of sp³-hybridized carbons (Fsp3) is 0.200. The number of hydrogen-bond acceptors (Lipinski definition) is 2. The quantitative estimate of drug-likeness (QED) is 0.798. The average Bonchev–Trinajstić information content (AvgIpc) is 2.16. The first-order chi connectivity index (χ1) is 6.92. The fourth-order valence-corrected chi connectivity index (χ4v) is 2.01. The second-order valence-electron chi connectivity index (χ2n) is 3.24. The normalized spacial score (nSPS) is 11.3. The molecule has 0 atom stereocenters. The largest absolute Gasteiger partial charge is 0.240 e. The Morgan fingerprint density at radius 3 is 2.40 bits per heavy atom. The van der Waals surface area contributed by atoms with Gasteiger partial charge in [0.05, 0.1) is 4.90 Å². The first kappa shape index (κ1) is 11.9. The van der Waals surface area contributed by atoms with Crippen molar-refractivity contribution >= 4 is 10.0 Å². The van der Waals surface area contributed by atoms with E-state index in [9.17, 15) is 12.8 Å². The molecule has 0 heterocycles. The molecule has 0 amide bonds. The van der Waals surface area contributed by atoms with Gasteiger partial charge >= 0.3 is 0 Å². The van der Waals surface area contributed by atoms with Crippen molar-refractivity contribution in [3.8, 4) is 0 Å². The monoisotopic (exact) mass is 229 g/mol. The van der Waals surface area contributed by atoms with E-state index in [1.165, 1.54) is 12.1 Å². The molecule has 5 heteroatoms. The Hall–Kier alpha value is -1.20. The molecule has 0 spiro atoms. The molecule has 3 nitrogen and oxygen atoms in total. The molecule has 0 saturated heterocycles. The molecular weight excluding hydrogens is 217 g/mol. The summed E-state index contributed by atoms with van der Waals surface area (Å²) in [5.41, 5.74) is 0.709. The van der Waals surface area contributed by atoms with Crippen molar-refractivity contribution in [2.45, 2.75) is 11.8 Å². The summed E-state index contributed by atoms with van der Waals surface area (Å²) in [4.78, 5) is 0.0464. The molecule has 0 aliphatic rings. The van der Waals surface area contributed by atoms with Gasteiger partial charge in [-0.3, -0.25) is 0 Å². The van der Waals surface area contributed by atoms with E-state index < -0.39 is 15.8 Å². The summed E-state index contributed by atoms with van der Waals surface area (Å²) in [6, 6.07) is 4.65. The number of nitrogens with one attached hydrogen (secondary N) is 1. The zero-order valence-corrected chi connectivity index (χ0v) is 9.14. The zero-order valence-electron chi connectivity index (χ0n) is 8.33. The van der Waals surface area contributed by atoms with Crippen LogP contribution in [-0.2, 0) is 10.0 Å². The van der Waals surface area contributed by atoms with Crippen molar-refractivity contribution in [3.05, 3.63) is 42.2 Å². The third-order valence-electron chi connectivity index (χ3n) is 1.69. The van der Waals surface area contributed by atoms with Crippen molar-refractivity contribution in [2.75, 3.05) is 6.54 Å². The van der Waals surface area contributed by atoms with Crippen molar-refractivity contribution < 1.29 is 12.8 Å². The molecule has 1 rings (SSSR count). The lowest BCUT2D eigenvalue weighted by Crippen LogP contribution is -2.25. The van der Waals surface area contributed by atoms with Crippen LogP contribution in [0.5, 0.6) is 0 Å².